The molecule has 0 aliphatic heterocycles. The first kappa shape index (κ1) is 20.5. The van der Waals surface area contributed by atoms with E-state index in [4.69, 9.17) is 0 Å². The standard InChI is InChI=1S/C22H26N4O3/c1-11-8-13(3)18(14(4)9-11)24-20(27)16(6)26-21(28)17-12(2)10-15(5)23-19(17)25(7)22(26)29/h8-10,16H,1-7H3,(H,24,27)/t16-/m1/s1. The number of nitrogens with one attached hydrogen (secondary N) is 1. The fraction of sp³-hybridized carbons (Fsp3) is 0.364. The van der Waals surface area contributed by atoms with Crippen LogP contribution in [0, 0.1) is 34.6 Å². The number of aryl methyl sites for hydroxylation is 6. The van der Waals surface area contributed by atoms with Crippen molar-refractivity contribution in [2.24, 2.45) is 7.05 Å². The lowest BCUT2D eigenvalue weighted by Crippen LogP contribution is -2.44. The number of anilines is 1. The van der Waals surface area contributed by atoms with Gasteiger partial charge in [0.1, 0.15) is 11.7 Å². The highest BCUT2D eigenvalue weighted by Crippen LogP contribution is 2.23. The van der Waals surface area contributed by atoms with Gasteiger partial charge in [-0.25, -0.2) is 14.3 Å². The lowest BCUT2D eigenvalue weighted by atomic mass is 10.0. The highest BCUT2D eigenvalue weighted by molar-refractivity contribution is 5.95. The summed E-state index contributed by atoms with van der Waals surface area (Å²) in [5, 5.41) is 3.23. The molecule has 0 fully saturated rings. The molecule has 1 aromatic carbocycles. The van der Waals surface area contributed by atoms with Gasteiger partial charge in [-0.15, -0.1) is 0 Å². The highest BCUT2D eigenvalue weighted by atomic mass is 16.2. The predicted octanol–water partition coefficient (Wildman–Crippen LogP) is 2.84. The quantitative estimate of drug-likeness (QED) is 0.740. The fourth-order valence-electron chi connectivity index (χ4n) is 3.85. The van der Waals surface area contributed by atoms with Crippen LogP contribution in [0.4, 0.5) is 5.69 Å². The summed E-state index contributed by atoms with van der Waals surface area (Å²) < 4.78 is 2.32. The van der Waals surface area contributed by atoms with Gasteiger partial charge in [-0.05, 0) is 64.3 Å². The molecule has 0 aliphatic rings. The van der Waals surface area contributed by atoms with Crippen molar-refractivity contribution in [3.63, 3.8) is 0 Å². The lowest BCUT2D eigenvalue weighted by molar-refractivity contribution is -0.119. The minimum absolute atomic E-state index is 0.326. The van der Waals surface area contributed by atoms with E-state index < -0.39 is 23.2 Å². The number of pyridine rings is 1. The molecular weight excluding hydrogens is 368 g/mol. The lowest BCUT2D eigenvalue weighted by Gasteiger charge is -2.19. The summed E-state index contributed by atoms with van der Waals surface area (Å²) in [7, 11) is 1.56. The number of benzene rings is 1. The van der Waals surface area contributed by atoms with Crippen LogP contribution in [0.5, 0.6) is 0 Å². The number of aromatic nitrogens is 3. The molecule has 0 saturated carbocycles. The summed E-state index contributed by atoms with van der Waals surface area (Å²) >= 11 is 0. The van der Waals surface area contributed by atoms with Crippen molar-refractivity contribution in [3.8, 4) is 0 Å². The summed E-state index contributed by atoms with van der Waals surface area (Å²) in [4.78, 5) is 43.4. The third kappa shape index (κ3) is 3.48. The minimum atomic E-state index is -0.980. The average Bonchev–Trinajstić information content (AvgIpc) is 2.61. The Bertz CT molecular complexity index is 1240. The number of fused-ring (bicyclic) bond motifs is 1. The Kier molecular flexibility index (Phi) is 5.17. The molecule has 2 aromatic heterocycles. The van der Waals surface area contributed by atoms with Crippen LogP contribution in [0.25, 0.3) is 11.0 Å². The number of carbonyl (C=O) groups excluding carboxylic acids is 1. The van der Waals surface area contributed by atoms with Crippen LogP contribution in [0.15, 0.2) is 27.8 Å². The van der Waals surface area contributed by atoms with Crippen LogP contribution in [0.1, 0.15) is 40.9 Å². The highest BCUT2D eigenvalue weighted by Gasteiger charge is 2.24. The van der Waals surface area contributed by atoms with Gasteiger partial charge in [-0.1, -0.05) is 17.7 Å². The molecule has 7 nitrogen and oxygen atoms in total. The summed E-state index contributed by atoms with van der Waals surface area (Å²) in [5.74, 6) is -0.420. The third-order valence-corrected chi connectivity index (χ3v) is 5.26. The van der Waals surface area contributed by atoms with Crippen molar-refractivity contribution >= 4 is 22.6 Å². The molecule has 3 rings (SSSR count). The summed E-state index contributed by atoms with van der Waals surface area (Å²) in [5.41, 5.74) is 4.35. The Labute approximate surface area is 169 Å². The van der Waals surface area contributed by atoms with Crippen molar-refractivity contribution in [1.29, 1.82) is 0 Å². The molecule has 152 valence electrons. The molecule has 0 aliphatic carbocycles. The van der Waals surface area contributed by atoms with E-state index in [1.165, 1.54) is 4.57 Å². The van der Waals surface area contributed by atoms with Crippen molar-refractivity contribution in [3.05, 3.63) is 67.0 Å². The van der Waals surface area contributed by atoms with Crippen molar-refractivity contribution < 1.29 is 4.79 Å². The van der Waals surface area contributed by atoms with Crippen LogP contribution < -0.4 is 16.6 Å². The molecule has 1 amide bonds. The number of amides is 1. The van der Waals surface area contributed by atoms with Crippen LogP contribution in [-0.4, -0.2) is 20.0 Å². The molecule has 7 heteroatoms. The van der Waals surface area contributed by atoms with E-state index >= 15 is 0 Å². The molecule has 0 bridgehead atoms. The topological polar surface area (TPSA) is 86.0 Å². The van der Waals surface area contributed by atoms with Crippen LogP contribution in [0.2, 0.25) is 0 Å². The van der Waals surface area contributed by atoms with E-state index in [1.54, 1.807) is 27.0 Å². The zero-order chi connectivity index (χ0) is 21.6. The Morgan fingerprint density at radius 2 is 1.59 bits per heavy atom. The Morgan fingerprint density at radius 1 is 1.00 bits per heavy atom. The van der Waals surface area contributed by atoms with Gasteiger partial charge in [0, 0.05) is 18.4 Å². The van der Waals surface area contributed by atoms with E-state index in [0.29, 0.717) is 16.7 Å². The largest absolute Gasteiger partial charge is 0.333 e. The van der Waals surface area contributed by atoms with E-state index in [2.05, 4.69) is 10.3 Å². The van der Waals surface area contributed by atoms with E-state index in [9.17, 15) is 14.4 Å². The third-order valence-electron chi connectivity index (χ3n) is 5.26. The number of hydrogen-bond acceptors (Lipinski definition) is 4. The maximum absolute atomic E-state index is 13.1. The Morgan fingerprint density at radius 3 is 2.17 bits per heavy atom. The molecule has 29 heavy (non-hydrogen) atoms. The van der Waals surface area contributed by atoms with Gasteiger partial charge in [0.15, 0.2) is 0 Å². The average molecular weight is 394 g/mol. The maximum Gasteiger partial charge on any atom is 0.333 e. The van der Waals surface area contributed by atoms with Gasteiger partial charge < -0.3 is 5.32 Å². The first-order chi connectivity index (χ1) is 13.5. The van der Waals surface area contributed by atoms with E-state index in [1.807, 2.05) is 39.8 Å². The second kappa shape index (κ2) is 7.31. The van der Waals surface area contributed by atoms with Gasteiger partial charge >= 0.3 is 5.69 Å². The first-order valence-electron chi connectivity index (χ1n) is 9.51. The molecule has 0 spiro atoms. The van der Waals surface area contributed by atoms with Crippen LogP contribution >= 0.6 is 0 Å². The Balaban J connectivity index is 2.13. The smallest absolute Gasteiger partial charge is 0.324 e. The monoisotopic (exact) mass is 394 g/mol. The predicted molar refractivity (Wildman–Crippen MR) is 115 cm³/mol. The molecule has 0 saturated heterocycles. The van der Waals surface area contributed by atoms with Crippen molar-refractivity contribution in [1.82, 2.24) is 14.1 Å². The van der Waals surface area contributed by atoms with Gasteiger partial charge in [0.2, 0.25) is 5.91 Å². The molecule has 2 heterocycles. The maximum atomic E-state index is 13.1. The van der Waals surface area contributed by atoms with Gasteiger partial charge in [0.25, 0.3) is 5.56 Å². The zero-order valence-electron chi connectivity index (χ0n) is 17.9. The molecule has 0 unspecified atom stereocenters. The van der Waals surface area contributed by atoms with Gasteiger partial charge in [-0.2, -0.15) is 0 Å². The van der Waals surface area contributed by atoms with Gasteiger partial charge in [-0.3, -0.25) is 14.2 Å². The summed E-state index contributed by atoms with van der Waals surface area (Å²) in [6.07, 6.45) is 0. The normalized spacial score (nSPS) is 12.2. The molecule has 1 N–H and O–H groups in total. The van der Waals surface area contributed by atoms with E-state index in [-0.39, 0.29) is 0 Å². The SMILES string of the molecule is Cc1cc(C)c(NC(=O)[C@@H](C)n2c(=O)c3c(C)cc(C)nc3n(C)c2=O)c(C)c1. The van der Waals surface area contributed by atoms with Gasteiger partial charge in [0.05, 0.1) is 5.39 Å². The molecule has 3 aromatic rings. The fourth-order valence-corrected chi connectivity index (χ4v) is 3.85. The number of nitrogens with zero attached hydrogens (tertiary/aromatic N) is 3. The van der Waals surface area contributed by atoms with Crippen molar-refractivity contribution in [2.45, 2.75) is 47.6 Å². The van der Waals surface area contributed by atoms with Crippen molar-refractivity contribution in [2.75, 3.05) is 5.32 Å². The second-order valence-electron chi connectivity index (χ2n) is 7.73. The van der Waals surface area contributed by atoms with Crippen LogP contribution in [-0.2, 0) is 11.8 Å². The summed E-state index contributed by atoms with van der Waals surface area (Å²) in [6.45, 7) is 11.0. The van der Waals surface area contributed by atoms with E-state index in [0.717, 1.165) is 32.5 Å². The molecule has 1 atom stereocenters. The summed E-state index contributed by atoms with van der Waals surface area (Å²) in [6, 6.07) is 4.77. The number of rotatable bonds is 3. The molecular formula is C22H26N4O3. The molecule has 0 radical (unpaired) electrons. The zero-order valence-corrected chi connectivity index (χ0v) is 17.9. The minimum Gasteiger partial charge on any atom is -0.324 e. The van der Waals surface area contributed by atoms with Crippen LogP contribution in [0.3, 0.4) is 0 Å². The second-order valence-corrected chi connectivity index (χ2v) is 7.73. The number of hydrogen-bond donors (Lipinski definition) is 1. The number of carbonyl (C=O) groups is 1. The first-order valence-corrected chi connectivity index (χ1v) is 9.51. The Hall–Kier alpha value is -3.22.